The molecule has 0 saturated heterocycles. The van der Waals surface area contributed by atoms with E-state index in [9.17, 15) is 4.79 Å². The number of pyridine rings is 1. The maximum atomic E-state index is 12.0. The first kappa shape index (κ1) is 14.3. The van der Waals surface area contributed by atoms with Crippen molar-refractivity contribution in [2.75, 3.05) is 0 Å². The molecule has 106 valence electrons. The summed E-state index contributed by atoms with van der Waals surface area (Å²) in [5.74, 6) is 0.572. The van der Waals surface area contributed by atoms with Gasteiger partial charge in [-0.2, -0.15) is 5.21 Å². The Kier molecular flexibility index (Phi) is 4.92. The summed E-state index contributed by atoms with van der Waals surface area (Å²) in [6, 6.07) is 5.77. The van der Waals surface area contributed by atoms with Crippen molar-refractivity contribution in [3.05, 3.63) is 35.9 Å². The van der Waals surface area contributed by atoms with Gasteiger partial charge in [-0.15, -0.1) is 10.2 Å². The van der Waals surface area contributed by atoms with Crippen LogP contribution in [0.3, 0.4) is 0 Å². The van der Waals surface area contributed by atoms with Gasteiger partial charge in [0, 0.05) is 30.1 Å². The van der Waals surface area contributed by atoms with Gasteiger partial charge in [0.15, 0.2) is 5.82 Å². The molecule has 0 aromatic carbocycles. The Morgan fingerprint density at radius 2 is 2.25 bits per heavy atom. The standard InChI is InChI=1S/C14H19N5O/c1-3-6-12(10(2)20)13(14-16-18-19-17-14)9-11-7-4-5-8-15-11/h4-5,7-8,12-13H,3,6,9H2,1-2H3,(H,16,17,18,19)/t12-,13+/m1/s1. The van der Waals surface area contributed by atoms with Gasteiger partial charge in [-0.05, 0) is 25.5 Å². The van der Waals surface area contributed by atoms with Crippen molar-refractivity contribution in [2.24, 2.45) is 5.92 Å². The summed E-state index contributed by atoms with van der Waals surface area (Å²) in [6.07, 6.45) is 4.16. The number of hydrogen-bond donors (Lipinski definition) is 1. The fraction of sp³-hybridized carbons (Fsp3) is 0.500. The molecular weight excluding hydrogens is 254 g/mol. The van der Waals surface area contributed by atoms with Crippen molar-refractivity contribution in [1.82, 2.24) is 25.6 Å². The number of nitrogens with one attached hydrogen (secondary N) is 1. The second kappa shape index (κ2) is 6.88. The van der Waals surface area contributed by atoms with Crippen molar-refractivity contribution in [2.45, 2.75) is 39.0 Å². The van der Waals surface area contributed by atoms with E-state index >= 15 is 0 Å². The lowest BCUT2D eigenvalue weighted by Crippen LogP contribution is -2.23. The van der Waals surface area contributed by atoms with Crippen LogP contribution in [0.15, 0.2) is 24.4 Å². The van der Waals surface area contributed by atoms with Gasteiger partial charge in [0.2, 0.25) is 0 Å². The third kappa shape index (κ3) is 3.46. The lowest BCUT2D eigenvalue weighted by molar-refractivity contribution is -0.121. The molecule has 2 aromatic rings. The van der Waals surface area contributed by atoms with Gasteiger partial charge in [-0.25, -0.2) is 0 Å². The molecule has 2 atom stereocenters. The molecule has 0 aliphatic carbocycles. The normalized spacial score (nSPS) is 13.9. The zero-order valence-corrected chi connectivity index (χ0v) is 11.8. The quantitative estimate of drug-likeness (QED) is 0.833. The van der Waals surface area contributed by atoms with Crippen LogP contribution in [0.4, 0.5) is 0 Å². The number of ketones is 1. The topological polar surface area (TPSA) is 84.4 Å². The van der Waals surface area contributed by atoms with E-state index in [1.165, 1.54) is 0 Å². The predicted molar refractivity (Wildman–Crippen MR) is 73.9 cm³/mol. The van der Waals surface area contributed by atoms with Crippen LogP contribution in [-0.2, 0) is 11.2 Å². The molecule has 2 aromatic heterocycles. The molecule has 0 bridgehead atoms. The van der Waals surface area contributed by atoms with Crippen LogP contribution in [0.25, 0.3) is 0 Å². The van der Waals surface area contributed by atoms with Crippen molar-refractivity contribution in [3.8, 4) is 0 Å². The molecule has 2 rings (SSSR count). The Bertz CT molecular complexity index is 526. The third-order valence-corrected chi connectivity index (χ3v) is 3.46. The van der Waals surface area contributed by atoms with Crippen LogP contribution in [0.1, 0.15) is 44.1 Å². The number of rotatable bonds is 7. The number of hydrogen-bond acceptors (Lipinski definition) is 5. The molecule has 6 nitrogen and oxygen atoms in total. The van der Waals surface area contributed by atoms with Crippen molar-refractivity contribution < 1.29 is 4.79 Å². The van der Waals surface area contributed by atoms with Crippen LogP contribution in [0.2, 0.25) is 0 Å². The Morgan fingerprint density at radius 1 is 1.40 bits per heavy atom. The van der Waals surface area contributed by atoms with Crippen LogP contribution >= 0.6 is 0 Å². The lowest BCUT2D eigenvalue weighted by atomic mass is 9.82. The van der Waals surface area contributed by atoms with Gasteiger partial charge in [0.25, 0.3) is 0 Å². The van der Waals surface area contributed by atoms with E-state index in [-0.39, 0.29) is 17.6 Å². The molecule has 2 heterocycles. The van der Waals surface area contributed by atoms with E-state index in [0.29, 0.717) is 12.2 Å². The summed E-state index contributed by atoms with van der Waals surface area (Å²) in [5, 5.41) is 14.2. The fourth-order valence-electron chi connectivity index (χ4n) is 2.48. The molecule has 0 saturated carbocycles. The SMILES string of the molecule is CCC[C@H](C(C)=O)[C@H](Cc1ccccn1)c1nn[nH]n1. The number of nitrogens with zero attached hydrogens (tertiary/aromatic N) is 4. The maximum absolute atomic E-state index is 12.0. The predicted octanol–water partition coefficient (Wildman–Crippen LogP) is 1.93. The molecule has 0 radical (unpaired) electrons. The average Bonchev–Trinajstić information content (AvgIpc) is 2.97. The average molecular weight is 273 g/mol. The highest BCUT2D eigenvalue weighted by molar-refractivity contribution is 5.79. The Balaban J connectivity index is 2.27. The van der Waals surface area contributed by atoms with Gasteiger partial charge < -0.3 is 0 Å². The van der Waals surface area contributed by atoms with E-state index < -0.39 is 0 Å². The molecule has 0 amide bonds. The lowest BCUT2D eigenvalue weighted by Gasteiger charge is -2.21. The maximum Gasteiger partial charge on any atom is 0.178 e. The number of tetrazole rings is 1. The van der Waals surface area contributed by atoms with Crippen molar-refractivity contribution in [3.63, 3.8) is 0 Å². The number of aromatic nitrogens is 5. The second-order valence-corrected chi connectivity index (χ2v) is 4.91. The van der Waals surface area contributed by atoms with Gasteiger partial charge in [-0.3, -0.25) is 9.78 Å². The summed E-state index contributed by atoms with van der Waals surface area (Å²) >= 11 is 0. The van der Waals surface area contributed by atoms with Gasteiger partial charge >= 0.3 is 0 Å². The minimum absolute atomic E-state index is 0.0823. The Hall–Kier alpha value is -2.11. The Morgan fingerprint density at radius 3 is 2.80 bits per heavy atom. The third-order valence-electron chi connectivity index (χ3n) is 3.46. The van der Waals surface area contributed by atoms with Crippen LogP contribution in [-0.4, -0.2) is 31.4 Å². The van der Waals surface area contributed by atoms with E-state index in [1.807, 2.05) is 18.2 Å². The number of H-pyrrole nitrogens is 1. The monoisotopic (exact) mass is 273 g/mol. The number of Topliss-reactive ketones (excluding diaryl/α,β-unsaturated/α-hetero) is 1. The van der Waals surface area contributed by atoms with E-state index in [1.54, 1.807) is 13.1 Å². The summed E-state index contributed by atoms with van der Waals surface area (Å²) in [4.78, 5) is 16.3. The molecule has 0 unspecified atom stereocenters. The van der Waals surface area contributed by atoms with Gasteiger partial charge in [-0.1, -0.05) is 24.6 Å². The molecule has 0 fully saturated rings. The first-order valence-corrected chi connectivity index (χ1v) is 6.86. The minimum Gasteiger partial charge on any atom is -0.300 e. The largest absolute Gasteiger partial charge is 0.300 e. The zero-order chi connectivity index (χ0) is 14.4. The van der Waals surface area contributed by atoms with Crippen LogP contribution in [0, 0.1) is 5.92 Å². The first-order chi connectivity index (χ1) is 9.72. The number of carbonyl (C=O) groups is 1. The summed E-state index contributed by atoms with van der Waals surface area (Å²) in [7, 11) is 0. The summed E-state index contributed by atoms with van der Waals surface area (Å²) < 4.78 is 0. The van der Waals surface area contributed by atoms with Crippen LogP contribution < -0.4 is 0 Å². The van der Waals surface area contributed by atoms with E-state index in [4.69, 9.17) is 0 Å². The first-order valence-electron chi connectivity index (χ1n) is 6.86. The van der Waals surface area contributed by atoms with E-state index in [0.717, 1.165) is 18.5 Å². The molecule has 6 heteroatoms. The molecule has 0 spiro atoms. The molecule has 1 N–H and O–H groups in total. The second-order valence-electron chi connectivity index (χ2n) is 4.91. The minimum atomic E-state index is -0.0976. The highest BCUT2D eigenvalue weighted by Crippen LogP contribution is 2.29. The molecule has 0 aliphatic rings. The Labute approximate surface area is 118 Å². The fourth-order valence-corrected chi connectivity index (χ4v) is 2.48. The van der Waals surface area contributed by atoms with Gasteiger partial charge in [0.1, 0.15) is 5.78 Å². The zero-order valence-electron chi connectivity index (χ0n) is 11.8. The van der Waals surface area contributed by atoms with Crippen LogP contribution in [0.5, 0.6) is 0 Å². The molecule has 20 heavy (non-hydrogen) atoms. The highest BCUT2D eigenvalue weighted by atomic mass is 16.1. The van der Waals surface area contributed by atoms with E-state index in [2.05, 4.69) is 32.5 Å². The van der Waals surface area contributed by atoms with Crippen molar-refractivity contribution >= 4 is 5.78 Å². The summed E-state index contributed by atoms with van der Waals surface area (Å²) in [6.45, 7) is 3.70. The molecular formula is C14H19N5O. The number of aromatic amines is 1. The highest BCUT2D eigenvalue weighted by Gasteiger charge is 2.30. The smallest absolute Gasteiger partial charge is 0.178 e. The number of carbonyl (C=O) groups excluding carboxylic acids is 1. The van der Waals surface area contributed by atoms with Gasteiger partial charge in [0.05, 0.1) is 0 Å². The molecule has 0 aliphatic heterocycles. The van der Waals surface area contributed by atoms with Crippen molar-refractivity contribution in [1.29, 1.82) is 0 Å². The summed E-state index contributed by atoms with van der Waals surface area (Å²) in [5.41, 5.74) is 0.935.